The third kappa shape index (κ3) is 7.38. The summed E-state index contributed by atoms with van der Waals surface area (Å²) in [5, 5.41) is 0. The SMILES string of the molecule is Cc1ccnc(-c2cc(/C=C/c3ccc4c(c3)OCCOCCOCCOCCO4)ccn2)c1. The molecule has 0 N–H and O–H groups in total. The molecule has 0 saturated heterocycles. The normalized spacial score (nSPS) is 16.0. The van der Waals surface area contributed by atoms with Crippen molar-refractivity contribution in [1.29, 1.82) is 0 Å². The number of aryl methyl sites for hydroxylation is 1. The monoisotopic (exact) mass is 462 g/mol. The average molecular weight is 463 g/mol. The summed E-state index contributed by atoms with van der Waals surface area (Å²) in [5.74, 6) is 1.36. The zero-order valence-electron chi connectivity index (χ0n) is 19.4. The summed E-state index contributed by atoms with van der Waals surface area (Å²) in [4.78, 5) is 8.90. The highest BCUT2D eigenvalue weighted by atomic mass is 16.6. The van der Waals surface area contributed by atoms with E-state index in [0.717, 1.165) is 28.1 Å². The van der Waals surface area contributed by atoms with Gasteiger partial charge in [0.2, 0.25) is 0 Å². The highest BCUT2D eigenvalue weighted by Gasteiger charge is 2.08. The van der Waals surface area contributed by atoms with Crippen LogP contribution in [-0.2, 0) is 14.2 Å². The molecule has 0 radical (unpaired) electrons. The van der Waals surface area contributed by atoms with E-state index in [0.29, 0.717) is 64.4 Å². The Hall–Kier alpha value is -3.26. The first-order valence-electron chi connectivity index (χ1n) is 11.5. The average Bonchev–Trinajstić information content (AvgIpc) is 2.87. The lowest BCUT2D eigenvalue weighted by atomic mass is 10.1. The van der Waals surface area contributed by atoms with E-state index >= 15 is 0 Å². The number of nitrogens with zero attached hydrogens (tertiary/aromatic N) is 2. The van der Waals surface area contributed by atoms with Gasteiger partial charge in [0.05, 0.1) is 51.0 Å². The fourth-order valence-corrected chi connectivity index (χ4v) is 3.38. The summed E-state index contributed by atoms with van der Waals surface area (Å²) < 4.78 is 28.4. The Morgan fingerprint density at radius 1 is 0.588 bits per heavy atom. The Labute approximate surface area is 200 Å². The lowest BCUT2D eigenvalue weighted by Crippen LogP contribution is -2.13. The molecule has 0 atom stereocenters. The number of benzene rings is 1. The second-order valence-corrected chi connectivity index (χ2v) is 7.77. The number of rotatable bonds is 3. The Balaban J connectivity index is 1.47. The highest BCUT2D eigenvalue weighted by Crippen LogP contribution is 2.29. The zero-order valence-corrected chi connectivity index (χ0v) is 19.4. The van der Waals surface area contributed by atoms with Crippen LogP contribution >= 0.6 is 0 Å². The Kier molecular flexibility index (Phi) is 9.02. The van der Waals surface area contributed by atoms with Crippen LogP contribution in [0.15, 0.2) is 54.9 Å². The molecular formula is C27H30N2O5. The molecule has 0 unspecified atom stereocenters. The van der Waals surface area contributed by atoms with Crippen molar-refractivity contribution in [3.63, 3.8) is 0 Å². The molecule has 0 fully saturated rings. The molecule has 0 amide bonds. The minimum atomic E-state index is 0.428. The topological polar surface area (TPSA) is 71.9 Å². The van der Waals surface area contributed by atoms with Crippen molar-refractivity contribution in [3.05, 3.63) is 71.5 Å². The van der Waals surface area contributed by atoms with E-state index < -0.39 is 0 Å². The summed E-state index contributed by atoms with van der Waals surface area (Å²) in [6.07, 6.45) is 7.69. The van der Waals surface area contributed by atoms with Gasteiger partial charge in [0, 0.05) is 12.4 Å². The molecule has 0 saturated carbocycles. The number of hydrogen-bond donors (Lipinski definition) is 0. The van der Waals surface area contributed by atoms with E-state index in [1.165, 1.54) is 0 Å². The highest BCUT2D eigenvalue weighted by molar-refractivity contribution is 5.72. The maximum absolute atomic E-state index is 5.96. The van der Waals surface area contributed by atoms with E-state index in [1.807, 2.05) is 61.5 Å². The molecule has 0 aliphatic carbocycles. The zero-order chi connectivity index (χ0) is 23.4. The molecule has 4 rings (SSSR count). The summed E-state index contributed by atoms with van der Waals surface area (Å²) in [6.45, 7) is 6.04. The molecule has 34 heavy (non-hydrogen) atoms. The van der Waals surface area contributed by atoms with Crippen LogP contribution in [0.3, 0.4) is 0 Å². The van der Waals surface area contributed by atoms with E-state index in [-0.39, 0.29) is 0 Å². The third-order valence-corrected chi connectivity index (χ3v) is 5.11. The first kappa shape index (κ1) is 23.9. The van der Waals surface area contributed by atoms with Gasteiger partial charge in [-0.1, -0.05) is 18.2 Å². The second kappa shape index (κ2) is 12.8. The van der Waals surface area contributed by atoms with Crippen molar-refractivity contribution >= 4 is 12.2 Å². The lowest BCUT2D eigenvalue weighted by molar-refractivity contribution is 0.00708. The van der Waals surface area contributed by atoms with Gasteiger partial charge >= 0.3 is 0 Å². The quantitative estimate of drug-likeness (QED) is 0.570. The molecular weight excluding hydrogens is 432 g/mol. The van der Waals surface area contributed by atoms with Crippen molar-refractivity contribution in [2.45, 2.75) is 6.92 Å². The van der Waals surface area contributed by atoms with Gasteiger partial charge in [0.1, 0.15) is 13.2 Å². The van der Waals surface area contributed by atoms with Crippen LogP contribution in [0.25, 0.3) is 23.5 Å². The Morgan fingerprint density at radius 2 is 1.15 bits per heavy atom. The molecule has 0 bridgehead atoms. The van der Waals surface area contributed by atoms with E-state index in [9.17, 15) is 0 Å². The smallest absolute Gasteiger partial charge is 0.161 e. The summed E-state index contributed by atoms with van der Waals surface area (Å²) in [5.41, 5.74) is 4.89. The predicted octanol–water partition coefficient (Wildman–Crippen LogP) is 4.44. The van der Waals surface area contributed by atoms with E-state index in [4.69, 9.17) is 23.7 Å². The minimum absolute atomic E-state index is 0.428. The first-order chi connectivity index (χ1) is 16.8. The summed E-state index contributed by atoms with van der Waals surface area (Å²) in [6, 6.07) is 13.9. The van der Waals surface area contributed by atoms with Crippen LogP contribution in [0.1, 0.15) is 16.7 Å². The molecule has 3 aromatic rings. The van der Waals surface area contributed by atoms with Crippen molar-refractivity contribution < 1.29 is 23.7 Å². The molecule has 1 aliphatic rings. The summed E-state index contributed by atoms with van der Waals surface area (Å²) >= 11 is 0. The van der Waals surface area contributed by atoms with Crippen molar-refractivity contribution in [2.75, 3.05) is 52.9 Å². The predicted molar refractivity (Wildman–Crippen MR) is 131 cm³/mol. The maximum Gasteiger partial charge on any atom is 0.161 e. The largest absolute Gasteiger partial charge is 0.487 e. The Bertz CT molecular complexity index is 1090. The van der Waals surface area contributed by atoms with Gasteiger partial charge in [-0.05, 0) is 60.0 Å². The number of pyridine rings is 2. The molecule has 1 aliphatic heterocycles. The second-order valence-electron chi connectivity index (χ2n) is 7.77. The summed E-state index contributed by atoms with van der Waals surface area (Å²) in [7, 11) is 0. The first-order valence-corrected chi connectivity index (χ1v) is 11.5. The van der Waals surface area contributed by atoms with Gasteiger partial charge in [-0.15, -0.1) is 0 Å². The van der Waals surface area contributed by atoms with Crippen LogP contribution in [-0.4, -0.2) is 62.8 Å². The molecule has 0 spiro atoms. The molecule has 178 valence electrons. The fraction of sp³-hybridized carbons (Fsp3) is 0.333. The van der Waals surface area contributed by atoms with Gasteiger partial charge in [-0.25, -0.2) is 0 Å². The van der Waals surface area contributed by atoms with Crippen molar-refractivity contribution in [3.8, 4) is 22.9 Å². The third-order valence-electron chi connectivity index (χ3n) is 5.11. The van der Waals surface area contributed by atoms with Gasteiger partial charge in [0.25, 0.3) is 0 Å². The number of aromatic nitrogens is 2. The Morgan fingerprint density at radius 3 is 1.82 bits per heavy atom. The van der Waals surface area contributed by atoms with Gasteiger partial charge in [-0.3, -0.25) is 9.97 Å². The van der Waals surface area contributed by atoms with E-state index in [1.54, 1.807) is 12.4 Å². The molecule has 3 heterocycles. The number of ether oxygens (including phenoxy) is 5. The van der Waals surface area contributed by atoms with Gasteiger partial charge < -0.3 is 23.7 Å². The molecule has 7 nitrogen and oxygen atoms in total. The van der Waals surface area contributed by atoms with Crippen LogP contribution in [0.5, 0.6) is 11.5 Å². The fourth-order valence-electron chi connectivity index (χ4n) is 3.38. The minimum Gasteiger partial charge on any atom is -0.487 e. The van der Waals surface area contributed by atoms with Crippen molar-refractivity contribution in [2.24, 2.45) is 0 Å². The van der Waals surface area contributed by atoms with Crippen LogP contribution in [0.4, 0.5) is 0 Å². The van der Waals surface area contributed by atoms with Crippen LogP contribution < -0.4 is 9.47 Å². The van der Waals surface area contributed by atoms with Crippen LogP contribution in [0, 0.1) is 6.92 Å². The maximum atomic E-state index is 5.96. The van der Waals surface area contributed by atoms with Crippen LogP contribution in [0.2, 0.25) is 0 Å². The molecule has 7 heteroatoms. The standard InChI is InChI=1S/C27H30N2O5/c1-21-6-8-28-24(18-21)25-19-23(7-9-29-25)3-2-22-4-5-26-27(20-22)34-17-15-32-13-11-30-10-12-31-14-16-33-26/h2-9,18-20H,10-17H2,1H3/b3-2+. The van der Waals surface area contributed by atoms with Crippen molar-refractivity contribution in [1.82, 2.24) is 9.97 Å². The lowest BCUT2D eigenvalue weighted by Gasteiger charge is -2.13. The van der Waals surface area contributed by atoms with Gasteiger partial charge in [-0.2, -0.15) is 0 Å². The molecule has 1 aromatic carbocycles. The molecule has 2 aromatic heterocycles. The number of hydrogen-bond acceptors (Lipinski definition) is 7. The van der Waals surface area contributed by atoms with Gasteiger partial charge in [0.15, 0.2) is 11.5 Å². The number of fused-ring (bicyclic) bond motifs is 1. The van der Waals surface area contributed by atoms with E-state index in [2.05, 4.69) is 9.97 Å².